The Hall–Kier alpha value is -2.41. The minimum atomic E-state index is -1.06. The predicted molar refractivity (Wildman–Crippen MR) is 77.9 cm³/mol. The monoisotopic (exact) mass is 306 g/mol. The van der Waals surface area contributed by atoms with Crippen molar-refractivity contribution in [2.75, 3.05) is 13.1 Å². The van der Waals surface area contributed by atoms with Crippen LogP contribution in [-0.2, 0) is 16.0 Å². The molecule has 0 atom stereocenters. The van der Waals surface area contributed by atoms with Gasteiger partial charge in [-0.25, -0.2) is 4.98 Å². The first-order chi connectivity index (χ1) is 10.1. The van der Waals surface area contributed by atoms with Crippen molar-refractivity contribution in [3.8, 4) is 10.8 Å². The Balaban J connectivity index is 2.04. The minimum absolute atomic E-state index is 0.0539. The third-order valence-electron chi connectivity index (χ3n) is 2.64. The predicted octanol–water partition coefficient (Wildman–Crippen LogP) is 2.04. The second kappa shape index (κ2) is 6.85. The average molecular weight is 306 g/mol. The maximum Gasteiger partial charge on any atom is 0.323 e. The molecule has 0 aromatic carbocycles. The lowest BCUT2D eigenvalue weighted by Gasteiger charge is -2.18. The number of nitrogens with zero attached hydrogens (tertiary/aromatic N) is 2. The van der Waals surface area contributed by atoms with Crippen LogP contribution in [0.3, 0.4) is 0 Å². The fourth-order valence-electron chi connectivity index (χ4n) is 1.74. The number of amides is 1. The van der Waals surface area contributed by atoms with E-state index in [1.165, 1.54) is 22.3 Å². The molecule has 110 valence electrons. The Morgan fingerprint density at radius 3 is 2.95 bits per heavy atom. The molecular weight excluding hydrogens is 292 g/mol. The van der Waals surface area contributed by atoms with Crippen LogP contribution in [0.2, 0.25) is 0 Å². The van der Waals surface area contributed by atoms with Gasteiger partial charge in [0.1, 0.15) is 6.54 Å². The van der Waals surface area contributed by atoms with Crippen molar-refractivity contribution in [2.24, 2.45) is 0 Å². The van der Waals surface area contributed by atoms with Gasteiger partial charge >= 0.3 is 5.97 Å². The molecule has 2 heterocycles. The second-order valence-electron chi connectivity index (χ2n) is 4.25. The van der Waals surface area contributed by atoms with E-state index in [-0.39, 0.29) is 25.4 Å². The largest absolute Gasteiger partial charge is 0.480 e. The molecule has 0 fully saturated rings. The number of aliphatic carboxylic acids is 1. The van der Waals surface area contributed by atoms with Crippen LogP contribution in [0.4, 0.5) is 0 Å². The van der Waals surface area contributed by atoms with Gasteiger partial charge in [-0.3, -0.25) is 9.59 Å². The number of carboxylic acids is 1. The van der Waals surface area contributed by atoms with Crippen molar-refractivity contribution in [1.29, 1.82) is 0 Å². The number of hydrogen-bond acceptors (Lipinski definition) is 5. The van der Waals surface area contributed by atoms with Gasteiger partial charge in [0.05, 0.1) is 18.4 Å². The van der Waals surface area contributed by atoms with Crippen molar-refractivity contribution in [1.82, 2.24) is 9.88 Å². The zero-order valence-corrected chi connectivity index (χ0v) is 12.0. The molecule has 1 N–H and O–H groups in total. The zero-order valence-electron chi connectivity index (χ0n) is 11.2. The van der Waals surface area contributed by atoms with Crippen molar-refractivity contribution in [2.45, 2.75) is 6.42 Å². The highest BCUT2D eigenvalue weighted by Gasteiger charge is 2.17. The molecule has 2 aromatic heterocycles. The van der Waals surface area contributed by atoms with E-state index in [9.17, 15) is 9.59 Å². The SMILES string of the molecule is C=CCN(CC(=O)O)C(=O)Cc1csc(-c2ccco2)n1. The molecular formula is C14H14N2O4S. The molecule has 0 radical (unpaired) electrons. The van der Waals surface area contributed by atoms with Crippen molar-refractivity contribution in [3.63, 3.8) is 0 Å². The lowest BCUT2D eigenvalue weighted by molar-refractivity contribution is -0.143. The summed E-state index contributed by atoms with van der Waals surface area (Å²) in [4.78, 5) is 28.4. The van der Waals surface area contributed by atoms with Gasteiger partial charge in [0, 0.05) is 11.9 Å². The number of hydrogen-bond donors (Lipinski definition) is 1. The summed E-state index contributed by atoms with van der Waals surface area (Å²) in [6, 6.07) is 3.55. The maximum atomic E-state index is 12.1. The van der Waals surface area contributed by atoms with Crippen molar-refractivity contribution < 1.29 is 19.1 Å². The maximum absolute atomic E-state index is 12.1. The highest BCUT2D eigenvalue weighted by Crippen LogP contribution is 2.24. The van der Waals surface area contributed by atoms with E-state index in [0.29, 0.717) is 16.5 Å². The van der Waals surface area contributed by atoms with E-state index < -0.39 is 5.97 Å². The lowest BCUT2D eigenvalue weighted by Crippen LogP contribution is -2.36. The van der Waals surface area contributed by atoms with Gasteiger partial charge in [0.25, 0.3) is 0 Å². The zero-order chi connectivity index (χ0) is 15.2. The summed E-state index contributed by atoms with van der Waals surface area (Å²) in [5.41, 5.74) is 0.593. The molecule has 6 nitrogen and oxygen atoms in total. The van der Waals surface area contributed by atoms with Gasteiger partial charge in [-0.1, -0.05) is 6.08 Å². The number of furan rings is 1. The molecule has 0 saturated carbocycles. The van der Waals surface area contributed by atoms with Crippen LogP contribution >= 0.6 is 11.3 Å². The normalized spacial score (nSPS) is 10.3. The molecule has 2 aromatic rings. The molecule has 0 aliphatic carbocycles. The van der Waals surface area contributed by atoms with Gasteiger partial charge in [-0.2, -0.15) is 0 Å². The van der Waals surface area contributed by atoms with Crippen molar-refractivity contribution in [3.05, 3.63) is 42.1 Å². The Kier molecular flexibility index (Phi) is 4.89. The molecule has 0 spiro atoms. The first kappa shape index (κ1) is 15.0. The van der Waals surface area contributed by atoms with Crippen LogP contribution in [0.25, 0.3) is 10.8 Å². The van der Waals surface area contributed by atoms with Gasteiger partial charge in [-0.05, 0) is 12.1 Å². The summed E-state index contributed by atoms with van der Waals surface area (Å²) in [5.74, 6) is -0.708. The highest BCUT2D eigenvalue weighted by molar-refractivity contribution is 7.13. The molecule has 7 heteroatoms. The standard InChI is InChI=1S/C14H14N2O4S/c1-2-5-16(8-13(18)19)12(17)7-10-9-21-14(15-10)11-4-3-6-20-11/h2-4,6,9H,1,5,7-8H2,(H,18,19). The van der Waals surface area contributed by atoms with Crippen LogP contribution in [0.1, 0.15) is 5.69 Å². The quantitative estimate of drug-likeness (QED) is 0.791. The fraction of sp³-hybridized carbons (Fsp3) is 0.214. The fourth-order valence-corrected chi connectivity index (χ4v) is 2.53. The molecule has 0 bridgehead atoms. The van der Waals surface area contributed by atoms with Gasteiger partial charge in [0.2, 0.25) is 5.91 Å². The second-order valence-corrected chi connectivity index (χ2v) is 5.11. The summed E-state index contributed by atoms with van der Waals surface area (Å²) in [5, 5.41) is 11.3. The van der Waals surface area contributed by atoms with E-state index in [0.717, 1.165) is 0 Å². The summed E-state index contributed by atoms with van der Waals surface area (Å²) < 4.78 is 5.24. The van der Waals surface area contributed by atoms with E-state index in [4.69, 9.17) is 9.52 Å². The first-order valence-electron chi connectivity index (χ1n) is 6.19. The number of thiazole rings is 1. The summed E-state index contributed by atoms with van der Waals surface area (Å²) in [7, 11) is 0. The molecule has 0 aliphatic rings. The van der Waals surface area contributed by atoms with Crippen LogP contribution < -0.4 is 0 Å². The summed E-state index contributed by atoms with van der Waals surface area (Å²) in [6.45, 7) is 3.37. The van der Waals surface area contributed by atoms with E-state index in [1.807, 2.05) is 0 Å². The van der Waals surface area contributed by atoms with Crippen LogP contribution in [0, 0.1) is 0 Å². The summed E-state index contributed by atoms with van der Waals surface area (Å²) in [6.07, 6.45) is 3.11. The van der Waals surface area contributed by atoms with Crippen LogP contribution in [0.5, 0.6) is 0 Å². The molecule has 21 heavy (non-hydrogen) atoms. The number of carbonyl (C=O) groups is 2. The number of rotatable bonds is 7. The van der Waals surface area contributed by atoms with E-state index in [1.54, 1.807) is 23.8 Å². The van der Waals surface area contributed by atoms with Crippen LogP contribution in [0.15, 0.2) is 40.8 Å². The van der Waals surface area contributed by atoms with E-state index >= 15 is 0 Å². The topological polar surface area (TPSA) is 83.6 Å². The van der Waals surface area contributed by atoms with Gasteiger partial charge in [-0.15, -0.1) is 17.9 Å². The third kappa shape index (κ3) is 4.03. The third-order valence-corrected chi connectivity index (χ3v) is 3.55. The highest BCUT2D eigenvalue weighted by atomic mass is 32.1. The summed E-state index contributed by atoms with van der Waals surface area (Å²) >= 11 is 1.38. The average Bonchev–Trinajstić information content (AvgIpc) is 3.07. The Bertz CT molecular complexity index is 633. The number of carbonyl (C=O) groups excluding carboxylic acids is 1. The van der Waals surface area contributed by atoms with Crippen LogP contribution in [-0.4, -0.2) is 40.0 Å². The Morgan fingerprint density at radius 1 is 1.52 bits per heavy atom. The molecule has 1 amide bonds. The Morgan fingerprint density at radius 2 is 2.33 bits per heavy atom. The number of carboxylic acid groups (broad SMARTS) is 1. The Labute approximate surface area is 125 Å². The van der Waals surface area contributed by atoms with E-state index in [2.05, 4.69) is 11.6 Å². The lowest BCUT2D eigenvalue weighted by atomic mass is 10.3. The molecule has 0 saturated heterocycles. The minimum Gasteiger partial charge on any atom is -0.480 e. The smallest absolute Gasteiger partial charge is 0.323 e. The first-order valence-corrected chi connectivity index (χ1v) is 7.07. The van der Waals surface area contributed by atoms with Crippen molar-refractivity contribution >= 4 is 23.2 Å². The van der Waals surface area contributed by atoms with Gasteiger partial charge in [0.15, 0.2) is 10.8 Å². The molecule has 0 aliphatic heterocycles. The number of aromatic nitrogens is 1. The van der Waals surface area contributed by atoms with Gasteiger partial charge < -0.3 is 14.4 Å². The molecule has 0 unspecified atom stereocenters. The molecule has 2 rings (SSSR count).